The second kappa shape index (κ2) is 6.32. The van der Waals surface area contributed by atoms with Crippen LogP contribution in [0.1, 0.15) is 5.56 Å². The van der Waals surface area contributed by atoms with E-state index in [4.69, 9.17) is 9.15 Å². The lowest BCUT2D eigenvalue weighted by molar-refractivity contribution is -0.118. The Kier molecular flexibility index (Phi) is 3.86. The maximum atomic E-state index is 12.1. The van der Waals surface area contributed by atoms with Crippen LogP contribution in [-0.4, -0.2) is 12.5 Å². The van der Waals surface area contributed by atoms with Crippen LogP contribution in [-0.2, 0) is 4.79 Å². The van der Waals surface area contributed by atoms with Crippen molar-refractivity contribution in [1.29, 1.82) is 0 Å². The molecule has 25 heavy (non-hydrogen) atoms. The summed E-state index contributed by atoms with van der Waals surface area (Å²) in [5, 5.41) is 4.87. The van der Waals surface area contributed by atoms with Crippen LogP contribution >= 0.6 is 0 Å². The van der Waals surface area contributed by atoms with Gasteiger partial charge in [-0.3, -0.25) is 4.79 Å². The summed E-state index contributed by atoms with van der Waals surface area (Å²) in [7, 11) is 0. The van der Waals surface area contributed by atoms with Gasteiger partial charge in [0.05, 0.1) is 0 Å². The molecule has 0 aliphatic rings. The average molecular weight is 331 g/mol. The third-order valence-electron chi connectivity index (χ3n) is 4.14. The van der Waals surface area contributed by atoms with Gasteiger partial charge < -0.3 is 14.5 Å². The lowest BCUT2D eigenvalue weighted by Gasteiger charge is -2.09. The molecule has 4 heteroatoms. The zero-order valence-corrected chi connectivity index (χ0v) is 13.8. The Balaban J connectivity index is 1.50. The van der Waals surface area contributed by atoms with Crippen LogP contribution in [0.3, 0.4) is 0 Å². The van der Waals surface area contributed by atoms with Crippen LogP contribution < -0.4 is 10.1 Å². The van der Waals surface area contributed by atoms with Gasteiger partial charge in [-0.25, -0.2) is 0 Å². The molecule has 4 nitrogen and oxygen atoms in total. The van der Waals surface area contributed by atoms with Crippen LogP contribution in [0.4, 0.5) is 5.69 Å². The first-order valence-corrected chi connectivity index (χ1v) is 8.10. The van der Waals surface area contributed by atoms with Crippen LogP contribution in [0.2, 0.25) is 0 Å². The lowest BCUT2D eigenvalue weighted by atomic mass is 10.1. The van der Waals surface area contributed by atoms with Crippen LogP contribution in [0.5, 0.6) is 5.75 Å². The number of nitrogens with one attached hydrogen (secondary N) is 1. The van der Waals surface area contributed by atoms with E-state index >= 15 is 0 Å². The number of ether oxygens (including phenoxy) is 1. The van der Waals surface area contributed by atoms with Crippen molar-refractivity contribution in [3.63, 3.8) is 0 Å². The number of amides is 1. The molecular formula is C21H17NO3. The third-order valence-corrected chi connectivity index (χ3v) is 4.14. The van der Waals surface area contributed by atoms with Gasteiger partial charge in [0.2, 0.25) is 0 Å². The zero-order valence-electron chi connectivity index (χ0n) is 13.8. The number of hydrogen-bond donors (Lipinski definition) is 1. The molecule has 1 heterocycles. The fraction of sp³-hybridized carbons (Fsp3) is 0.0952. The number of rotatable bonds is 4. The highest BCUT2D eigenvalue weighted by molar-refractivity contribution is 6.05. The van der Waals surface area contributed by atoms with Crippen molar-refractivity contribution in [3.8, 4) is 5.75 Å². The van der Waals surface area contributed by atoms with Gasteiger partial charge in [-0.05, 0) is 42.8 Å². The first-order chi connectivity index (χ1) is 12.2. The number of carbonyl (C=O) groups excluding carboxylic acids is 1. The van der Waals surface area contributed by atoms with Crippen molar-refractivity contribution < 1.29 is 13.9 Å². The second-order valence-corrected chi connectivity index (χ2v) is 5.91. The molecule has 124 valence electrons. The molecular weight excluding hydrogens is 314 g/mol. The van der Waals surface area contributed by atoms with Crippen molar-refractivity contribution >= 4 is 33.5 Å². The van der Waals surface area contributed by atoms with E-state index < -0.39 is 0 Å². The highest BCUT2D eigenvalue weighted by Crippen LogP contribution is 2.31. The van der Waals surface area contributed by atoms with Crippen LogP contribution in [0.15, 0.2) is 71.1 Å². The van der Waals surface area contributed by atoms with E-state index in [1.54, 1.807) is 0 Å². The standard InChI is InChI=1S/C21H17NO3/c1-14-6-2-4-8-18(14)22-21(23)13-24-15-10-11-20-17(12-15)16-7-3-5-9-19(16)25-20/h2-12H,13H2,1H3,(H,22,23). The minimum atomic E-state index is -0.188. The Morgan fingerprint density at radius 2 is 1.72 bits per heavy atom. The fourth-order valence-corrected chi connectivity index (χ4v) is 2.84. The largest absolute Gasteiger partial charge is 0.484 e. The number of fused-ring (bicyclic) bond motifs is 3. The Morgan fingerprint density at radius 1 is 0.960 bits per heavy atom. The van der Waals surface area contributed by atoms with Crippen molar-refractivity contribution in [1.82, 2.24) is 0 Å². The molecule has 4 rings (SSSR count). The van der Waals surface area contributed by atoms with E-state index in [0.29, 0.717) is 5.75 Å². The van der Waals surface area contributed by atoms with Gasteiger partial charge in [0.1, 0.15) is 16.9 Å². The Hall–Kier alpha value is -3.27. The molecule has 0 atom stereocenters. The highest BCUT2D eigenvalue weighted by atomic mass is 16.5. The van der Waals surface area contributed by atoms with E-state index in [2.05, 4.69) is 5.32 Å². The molecule has 0 saturated carbocycles. The summed E-state index contributed by atoms with van der Waals surface area (Å²) < 4.78 is 11.4. The monoisotopic (exact) mass is 331 g/mol. The summed E-state index contributed by atoms with van der Waals surface area (Å²) in [5.41, 5.74) is 3.46. The molecule has 0 aliphatic carbocycles. The molecule has 0 aliphatic heterocycles. The quantitative estimate of drug-likeness (QED) is 0.578. The lowest BCUT2D eigenvalue weighted by Crippen LogP contribution is -2.20. The smallest absolute Gasteiger partial charge is 0.262 e. The maximum absolute atomic E-state index is 12.1. The number of furan rings is 1. The van der Waals surface area contributed by atoms with Crippen LogP contribution in [0, 0.1) is 6.92 Å². The third kappa shape index (κ3) is 3.06. The Morgan fingerprint density at radius 3 is 2.60 bits per heavy atom. The molecule has 0 spiro atoms. The first kappa shape index (κ1) is 15.3. The molecule has 1 amide bonds. The number of anilines is 1. The van der Waals surface area contributed by atoms with Crippen molar-refractivity contribution in [3.05, 3.63) is 72.3 Å². The minimum absolute atomic E-state index is 0.0460. The molecule has 1 N–H and O–H groups in total. The predicted octanol–water partition coefficient (Wildman–Crippen LogP) is 4.91. The predicted molar refractivity (Wildman–Crippen MR) is 99.0 cm³/mol. The van der Waals surface area contributed by atoms with Gasteiger partial charge in [-0.1, -0.05) is 36.4 Å². The van der Waals surface area contributed by atoms with E-state index in [9.17, 15) is 4.79 Å². The van der Waals surface area contributed by atoms with Gasteiger partial charge in [0.15, 0.2) is 6.61 Å². The molecule has 4 aromatic rings. The van der Waals surface area contributed by atoms with Gasteiger partial charge >= 0.3 is 0 Å². The van der Waals surface area contributed by atoms with E-state index in [0.717, 1.165) is 33.2 Å². The SMILES string of the molecule is Cc1ccccc1NC(=O)COc1ccc2oc3ccccc3c2c1. The number of carbonyl (C=O) groups is 1. The molecule has 3 aromatic carbocycles. The number of para-hydroxylation sites is 2. The molecule has 1 aromatic heterocycles. The zero-order chi connectivity index (χ0) is 17.2. The van der Waals surface area contributed by atoms with Crippen molar-refractivity contribution in [2.24, 2.45) is 0 Å². The number of aryl methyl sites for hydroxylation is 1. The summed E-state index contributed by atoms with van der Waals surface area (Å²) in [4.78, 5) is 12.1. The van der Waals surface area contributed by atoms with Gasteiger partial charge in [-0.15, -0.1) is 0 Å². The Labute approximate surface area is 145 Å². The molecule has 0 unspecified atom stereocenters. The first-order valence-electron chi connectivity index (χ1n) is 8.10. The summed E-state index contributed by atoms with van der Waals surface area (Å²) >= 11 is 0. The summed E-state index contributed by atoms with van der Waals surface area (Å²) in [6.07, 6.45) is 0. The maximum Gasteiger partial charge on any atom is 0.262 e. The van der Waals surface area contributed by atoms with Gasteiger partial charge in [-0.2, -0.15) is 0 Å². The normalized spacial score (nSPS) is 10.9. The molecule has 0 fully saturated rings. The average Bonchev–Trinajstić information content (AvgIpc) is 3.00. The molecule has 0 radical (unpaired) electrons. The van der Waals surface area contributed by atoms with Crippen molar-refractivity contribution in [2.45, 2.75) is 6.92 Å². The van der Waals surface area contributed by atoms with Gasteiger partial charge in [0.25, 0.3) is 5.91 Å². The van der Waals surface area contributed by atoms with E-state index in [1.165, 1.54) is 0 Å². The number of benzene rings is 3. The molecule has 0 saturated heterocycles. The summed E-state index contributed by atoms with van der Waals surface area (Å²) in [6, 6.07) is 21.1. The van der Waals surface area contributed by atoms with E-state index in [1.807, 2.05) is 73.7 Å². The fourth-order valence-electron chi connectivity index (χ4n) is 2.84. The van der Waals surface area contributed by atoms with E-state index in [-0.39, 0.29) is 12.5 Å². The topological polar surface area (TPSA) is 51.5 Å². The summed E-state index contributed by atoms with van der Waals surface area (Å²) in [6.45, 7) is 1.91. The van der Waals surface area contributed by atoms with Crippen molar-refractivity contribution in [2.75, 3.05) is 11.9 Å². The highest BCUT2D eigenvalue weighted by Gasteiger charge is 2.09. The van der Waals surface area contributed by atoms with Crippen LogP contribution in [0.25, 0.3) is 21.9 Å². The summed E-state index contributed by atoms with van der Waals surface area (Å²) in [5.74, 6) is 0.449. The Bertz CT molecular complexity index is 1070. The van der Waals surface area contributed by atoms with Gasteiger partial charge in [0, 0.05) is 16.5 Å². The number of hydrogen-bond acceptors (Lipinski definition) is 3. The molecule has 0 bridgehead atoms. The second-order valence-electron chi connectivity index (χ2n) is 5.91. The minimum Gasteiger partial charge on any atom is -0.484 e.